The van der Waals surface area contributed by atoms with Crippen LogP contribution in [0.1, 0.15) is 23.7 Å². The fraction of sp³-hybridized carbons (Fsp3) is 0.120. The number of carbonyl (C=O) groups excluding carboxylic acids is 1. The molecule has 0 aliphatic carbocycles. The number of hydrogen-bond acceptors (Lipinski definition) is 5. The Hall–Kier alpha value is -3.91. The monoisotopic (exact) mass is 455 g/mol. The average Bonchev–Trinajstić information content (AvgIpc) is 3.45. The summed E-state index contributed by atoms with van der Waals surface area (Å²) in [5.74, 6) is 0.367. The van der Waals surface area contributed by atoms with Crippen LogP contribution < -0.4 is 4.74 Å². The SMILES string of the molecule is CCOc1ccc(-n2cccc2/C=C2/C(=N)N3N=C(c4cccc(C)c4)SC3=NC2=O)cc1. The van der Waals surface area contributed by atoms with Crippen molar-refractivity contribution >= 4 is 39.8 Å². The number of thioether (sulfide) groups is 1. The van der Waals surface area contributed by atoms with Gasteiger partial charge < -0.3 is 9.30 Å². The number of hydrazone groups is 1. The molecule has 1 aromatic heterocycles. The number of benzene rings is 2. The van der Waals surface area contributed by atoms with Crippen LogP contribution in [0.4, 0.5) is 0 Å². The van der Waals surface area contributed by atoms with Crippen LogP contribution >= 0.6 is 11.8 Å². The van der Waals surface area contributed by atoms with Gasteiger partial charge in [-0.2, -0.15) is 15.1 Å². The normalized spacial score (nSPS) is 16.7. The summed E-state index contributed by atoms with van der Waals surface area (Å²) in [6, 6.07) is 19.5. The second-order valence-electron chi connectivity index (χ2n) is 7.52. The number of aryl methyl sites for hydroxylation is 1. The molecule has 7 nitrogen and oxygen atoms in total. The molecule has 0 unspecified atom stereocenters. The van der Waals surface area contributed by atoms with Crippen molar-refractivity contribution < 1.29 is 9.53 Å². The molecule has 0 saturated carbocycles. The fourth-order valence-electron chi connectivity index (χ4n) is 3.65. The number of carbonyl (C=O) groups is 1. The Morgan fingerprint density at radius 3 is 2.70 bits per heavy atom. The van der Waals surface area contributed by atoms with Crippen molar-refractivity contribution in [3.8, 4) is 11.4 Å². The van der Waals surface area contributed by atoms with Crippen LogP contribution in [-0.4, -0.2) is 38.1 Å². The molecule has 8 heteroatoms. The standard InChI is InChI=1S/C25H21N5O2S/c1-3-32-20-11-9-18(10-12-20)29-13-5-8-19(29)15-21-22(26)30-25(27-23(21)31)33-24(28-30)17-7-4-6-16(2)14-17/h4-15,26H,3H2,1-2H3/b21-15-,26-22?. The van der Waals surface area contributed by atoms with E-state index in [4.69, 9.17) is 10.1 Å². The van der Waals surface area contributed by atoms with Crippen LogP contribution in [-0.2, 0) is 4.79 Å². The van der Waals surface area contributed by atoms with Gasteiger partial charge in [-0.1, -0.05) is 23.8 Å². The Morgan fingerprint density at radius 2 is 1.94 bits per heavy atom. The highest BCUT2D eigenvalue weighted by molar-refractivity contribution is 8.27. The smallest absolute Gasteiger partial charge is 0.283 e. The van der Waals surface area contributed by atoms with E-state index in [0.717, 1.165) is 28.3 Å². The molecular weight excluding hydrogens is 434 g/mol. The molecule has 2 aliphatic rings. The molecule has 0 spiro atoms. The number of fused-ring (bicyclic) bond motifs is 1. The number of nitrogens with one attached hydrogen (secondary N) is 1. The summed E-state index contributed by atoms with van der Waals surface area (Å²) in [5.41, 5.74) is 3.93. The highest BCUT2D eigenvalue weighted by atomic mass is 32.2. The first-order valence-corrected chi connectivity index (χ1v) is 11.3. The Kier molecular flexibility index (Phi) is 5.43. The van der Waals surface area contributed by atoms with E-state index < -0.39 is 5.91 Å². The fourth-order valence-corrected chi connectivity index (χ4v) is 4.54. The predicted octanol–water partition coefficient (Wildman–Crippen LogP) is 4.85. The van der Waals surface area contributed by atoms with Crippen molar-refractivity contribution in [2.24, 2.45) is 10.1 Å². The van der Waals surface area contributed by atoms with Crippen molar-refractivity contribution in [1.29, 1.82) is 5.41 Å². The summed E-state index contributed by atoms with van der Waals surface area (Å²) >= 11 is 1.30. The van der Waals surface area contributed by atoms with Gasteiger partial charge in [0.2, 0.25) is 5.17 Å². The minimum absolute atomic E-state index is 0.0135. The number of rotatable bonds is 5. The number of aliphatic imine (C=N–C) groups is 1. The summed E-state index contributed by atoms with van der Waals surface area (Å²) in [7, 11) is 0. The lowest BCUT2D eigenvalue weighted by atomic mass is 10.1. The molecular formula is C25H21N5O2S. The lowest BCUT2D eigenvalue weighted by Gasteiger charge is -2.20. The molecule has 5 rings (SSSR count). The van der Waals surface area contributed by atoms with E-state index in [1.165, 1.54) is 16.8 Å². The minimum atomic E-state index is -0.445. The minimum Gasteiger partial charge on any atom is -0.494 e. The lowest BCUT2D eigenvalue weighted by Crippen LogP contribution is -2.35. The van der Waals surface area contributed by atoms with Gasteiger partial charge in [-0.15, -0.1) is 0 Å². The maximum Gasteiger partial charge on any atom is 0.283 e. The molecule has 3 heterocycles. The summed E-state index contributed by atoms with van der Waals surface area (Å²) in [5, 5.41) is 15.8. The van der Waals surface area contributed by atoms with Crippen LogP contribution in [0.3, 0.4) is 0 Å². The zero-order chi connectivity index (χ0) is 22.9. The van der Waals surface area contributed by atoms with Crippen molar-refractivity contribution in [2.75, 3.05) is 6.61 Å². The Bertz CT molecular complexity index is 1350. The molecule has 2 aliphatic heterocycles. The van der Waals surface area contributed by atoms with Crippen LogP contribution in [0.25, 0.3) is 11.8 Å². The zero-order valence-electron chi connectivity index (χ0n) is 18.1. The molecule has 0 atom stereocenters. The molecule has 0 saturated heterocycles. The molecule has 0 bridgehead atoms. The van der Waals surface area contributed by atoms with Gasteiger partial charge in [0.25, 0.3) is 5.91 Å². The van der Waals surface area contributed by atoms with Gasteiger partial charge in [-0.05, 0) is 74.1 Å². The quantitative estimate of drug-likeness (QED) is 0.558. The van der Waals surface area contributed by atoms with Crippen molar-refractivity contribution in [3.05, 3.63) is 89.3 Å². The molecule has 33 heavy (non-hydrogen) atoms. The number of hydrogen-bond donors (Lipinski definition) is 1. The van der Waals surface area contributed by atoms with Crippen molar-refractivity contribution in [3.63, 3.8) is 0 Å². The predicted molar refractivity (Wildman–Crippen MR) is 132 cm³/mol. The maximum absolute atomic E-state index is 12.8. The van der Waals surface area contributed by atoms with Gasteiger partial charge in [0.05, 0.1) is 12.2 Å². The molecule has 164 valence electrons. The van der Waals surface area contributed by atoms with E-state index in [0.29, 0.717) is 16.8 Å². The second-order valence-corrected chi connectivity index (χ2v) is 8.48. The van der Waals surface area contributed by atoms with Crippen LogP contribution in [0.5, 0.6) is 5.75 Å². The van der Waals surface area contributed by atoms with Crippen LogP contribution in [0.15, 0.2) is 82.5 Å². The van der Waals surface area contributed by atoms with E-state index >= 15 is 0 Å². The number of amidine groups is 2. The summed E-state index contributed by atoms with van der Waals surface area (Å²) in [6.07, 6.45) is 3.60. The van der Waals surface area contributed by atoms with E-state index in [1.807, 2.05) is 85.3 Å². The highest BCUT2D eigenvalue weighted by Crippen LogP contribution is 2.31. The van der Waals surface area contributed by atoms with Crippen LogP contribution in [0.2, 0.25) is 0 Å². The first-order valence-electron chi connectivity index (χ1n) is 10.5. The lowest BCUT2D eigenvalue weighted by molar-refractivity contribution is -0.114. The van der Waals surface area contributed by atoms with E-state index in [-0.39, 0.29) is 11.4 Å². The third kappa shape index (κ3) is 4.01. The first-order chi connectivity index (χ1) is 16.0. The van der Waals surface area contributed by atoms with E-state index in [1.54, 1.807) is 6.08 Å². The molecule has 0 radical (unpaired) electrons. The van der Waals surface area contributed by atoms with Gasteiger partial charge in [-0.25, -0.2) is 0 Å². The second kappa shape index (κ2) is 8.55. The zero-order valence-corrected chi connectivity index (χ0v) is 19.0. The van der Waals surface area contributed by atoms with E-state index in [2.05, 4.69) is 10.1 Å². The van der Waals surface area contributed by atoms with Crippen molar-refractivity contribution in [2.45, 2.75) is 13.8 Å². The first kappa shape index (κ1) is 21.0. The van der Waals surface area contributed by atoms with Gasteiger partial charge in [-0.3, -0.25) is 10.2 Å². The molecule has 2 aromatic carbocycles. The average molecular weight is 456 g/mol. The Morgan fingerprint density at radius 1 is 1.12 bits per heavy atom. The summed E-state index contributed by atoms with van der Waals surface area (Å²) in [4.78, 5) is 17.0. The maximum atomic E-state index is 12.8. The van der Waals surface area contributed by atoms with Gasteiger partial charge in [0, 0.05) is 23.1 Å². The summed E-state index contributed by atoms with van der Waals surface area (Å²) in [6.45, 7) is 4.57. The molecule has 1 amide bonds. The molecule has 0 fully saturated rings. The number of ether oxygens (including phenoxy) is 1. The Balaban J connectivity index is 1.46. The third-order valence-corrected chi connectivity index (χ3v) is 6.18. The van der Waals surface area contributed by atoms with Crippen LogP contribution in [0, 0.1) is 12.3 Å². The third-order valence-electron chi connectivity index (χ3n) is 5.22. The largest absolute Gasteiger partial charge is 0.494 e. The Labute approximate surface area is 195 Å². The highest BCUT2D eigenvalue weighted by Gasteiger charge is 2.36. The molecule has 1 N–H and O–H groups in total. The van der Waals surface area contributed by atoms with Crippen molar-refractivity contribution in [1.82, 2.24) is 9.58 Å². The van der Waals surface area contributed by atoms with E-state index in [9.17, 15) is 4.79 Å². The number of amides is 1. The topological polar surface area (TPSA) is 83.0 Å². The van der Waals surface area contributed by atoms with Gasteiger partial charge in [0.1, 0.15) is 10.8 Å². The van der Waals surface area contributed by atoms with Gasteiger partial charge >= 0.3 is 0 Å². The molecule has 3 aromatic rings. The summed E-state index contributed by atoms with van der Waals surface area (Å²) < 4.78 is 7.46. The number of aromatic nitrogens is 1. The number of nitrogens with zero attached hydrogens (tertiary/aromatic N) is 4. The van der Waals surface area contributed by atoms with Gasteiger partial charge in [0.15, 0.2) is 5.84 Å².